The van der Waals surface area contributed by atoms with E-state index in [1.54, 1.807) is 12.4 Å². The molecule has 0 spiro atoms. The van der Waals surface area contributed by atoms with Crippen LogP contribution in [0.5, 0.6) is 0 Å². The Morgan fingerprint density at radius 2 is 0.976 bits per heavy atom. The minimum atomic E-state index is 0.567. The lowest BCUT2D eigenvalue weighted by Crippen LogP contribution is -2.08. The van der Waals surface area contributed by atoms with Gasteiger partial charge < -0.3 is 45.9 Å². The Kier molecular flexibility index (Phi) is 19.6. The number of nitrogens with zero attached hydrogens (tertiary/aromatic N) is 4. The Labute approximate surface area is 250 Å². The van der Waals surface area contributed by atoms with Crippen molar-refractivity contribution < 1.29 is 0 Å². The van der Waals surface area contributed by atoms with Crippen LogP contribution in [0.4, 0.5) is 0 Å². The molecule has 42 heavy (non-hydrogen) atoms. The number of nitrogens with two attached hydrogens (primary N) is 8. The lowest BCUT2D eigenvalue weighted by Gasteiger charge is -1.99. The first-order valence-electron chi connectivity index (χ1n) is 14.5. The molecule has 0 aromatic heterocycles. The molecule has 0 unspecified atom stereocenters. The molecular weight excluding hydrogens is 528 g/mol. The minimum Gasteiger partial charge on any atom is -0.387 e. The van der Waals surface area contributed by atoms with Gasteiger partial charge in [-0.2, -0.15) is 0 Å². The van der Waals surface area contributed by atoms with Gasteiger partial charge in [0.05, 0.1) is 0 Å². The number of allylic oxidation sites excluding steroid dienone is 2. The number of unbranched alkanes of at least 4 members (excludes halogenated alkanes) is 1. The summed E-state index contributed by atoms with van der Waals surface area (Å²) in [7, 11) is 0. The van der Waals surface area contributed by atoms with Crippen molar-refractivity contribution in [3.8, 4) is 0 Å². The highest BCUT2D eigenvalue weighted by Gasteiger charge is 2.06. The molecule has 4 aliphatic heterocycles. The van der Waals surface area contributed by atoms with E-state index in [1.807, 2.05) is 36.7 Å². The molecule has 0 saturated heterocycles. The molecule has 0 fully saturated rings. The Bertz CT molecular complexity index is 1120. The van der Waals surface area contributed by atoms with E-state index in [0.29, 0.717) is 24.8 Å². The van der Waals surface area contributed by atoms with Gasteiger partial charge in [-0.25, -0.2) is 20.0 Å². The van der Waals surface area contributed by atoms with E-state index in [9.17, 15) is 0 Å². The molecule has 0 aliphatic carbocycles. The minimum absolute atomic E-state index is 0.567. The maximum absolute atomic E-state index is 5.50. The van der Waals surface area contributed by atoms with E-state index in [4.69, 9.17) is 45.9 Å². The van der Waals surface area contributed by atoms with Gasteiger partial charge in [0.2, 0.25) is 0 Å². The number of aliphatic imine (C=N–C) groups is 4. The Hall–Kier alpha value is -3.84. The smallest absolute Gasteiger partial charge is 0.103 e. The van der Waals surface area contributed by atoms with Gasteiger partial charge in [-0.15, -0.1) is 0 Å². The SMILES string of the molecule is NC/C=C/C1=CN=C(N)C1.NCC/C=C/C1=CN=C(N)C1.NCCCC1=CN=C(N)C1.NCCCCC1=CN=C(N)C1. The van der Waals surface area contributed by atoms with Crippen molar-refractivity contribution in [3.05, 3.63) is 71.4 Å². The summed E-state index contributed by atoms with van der Waals surface area (Å²) in [5.74, 6) is 2.84. The molecule has 232 valence electrons. The zero-order valence-electron chi connectivity index (χ0n) is 24.9. The monoisotopic (exact) mass is 580 g/mol. The van der Waals surface area contributed by atoms with Crippen LogP contribution in [-0.2, 0) is 0 Å². The summed E-state index contributed by atoms with van der Waals surface area (Å²) in [4.78, 5) is 15.8. The van der Waals surface area contributed by atoms with E-state index in [0.717, 1.165) is 100 Å². The highest BCUT2D eigenvalue weighted by molar-refractivity contribution is 5.87. The number of hydrogen-bond acceptors (Lipinski definition) is 12. The molecule has 0 radical (unpaired) electrons. The molecule has 0 aromatic carbocycles. The summed E-state index contributed by atoms with van der Waals surface area (Å²) in [6, 6.07) is 0. The number of rotatable bonds is 12. The molecule has 12 nitrogen and oxygen atoms in total. The van der Waals surface area contributed by atoms with Crippen LogP contribution in [0.2, 0.25) is 0 Å². The first-order chi connectivity index (χ1) is 20.3. The van der Waals surface area contributed by atoms with Crippen LogP contribution in [0.25, 0.3) is 0 Å². The highest BCUT2D eigenvalue weighted by Crippen LogP contribution is 2.16. The van der Waals surface area contributed by atoms with Gasteiger partial charge >= 0.3 is 0 Å². The summed E-state index contributed by atoms with van der Waals surface area (Å²) < 4.78 is 0. The van der Waals surface area contributed by atoms with Crippen LogP contribution in [0.15, 0.2) is 91.4 Å². The molecule has 4 aliphatic rings. The van der Waals surface area contributed by atoms with Crippen LogP contribution in [-0.4, -0.2) is 49.5 Å². The van der Waals surface area contributed by atoms with Gasteiger partial charge in [-0.05, 0) is 80.5 Å². The number of amidine groups is 4. The average molecular weight is 581 g/mol. The second-order valence-electron chi connectivity index (χ2n) is 9.93. The molecule has 0 atom stereocenters. The summed E-state index contributed by atoms with van der Waals surface area (Å²) >= 11 is 0. The van der Waals surface area contributed by atoms with E-state index in [2.05, 4.69) is 20.0 Å². The molecular formula is C30H52N12. The van der Waals surface area contributed by atoms with E-state index in [-0.39, 0.29) is 0 Å². The molecule has 4 rings (SSSR count). The summed E-state index contributed by atoms with van der Waals surface area (Å²) in [5.41, 5.74) is 48.1. The van der Waals surface area contributed by atoms with Gasteiger partial charge in [0.15, 0.2) is 0 Å². The fraction of sp³-hybridized carbons (Fsp3) is 0.467. The predicted molar refractivity (Wildman–Crippen MR) is 179 cm³/mol. The third-order valence-electron chi connectivity index (χ3n) is 5.99. The second kappa shape index (κ2) is 22.8. The van der Waals surface area contributed by atoms with Crippen LogP contribution < -0.4 is 45.9 Å². The summed E-state index contributed by atoms with van der Waals surface area (Å²) in [6.07, 6.45) is 24.8. The molecule has 0 amide bonds. The topological polar surface area (TPSA) is 258 Å². The normalized spacial score (nSPS) is 17.0. The maximum atomic E-state index is 5.50. The van der Waals surface area contributed by atoms with E-state index < -0.39 is 0 Å². The molecule has 16 N–H and O–H groups in total. The predicted octanol–water partition coefficient (Wildman–Crippen LogP) is 1.81. The third kappa shape index (κ3) is 17.8. The fourth-order valence-corrected chi connectivity index (χ4v) is 3.81. The Balaban J connectivity index is 0.000000280. The van der Waals surface area contributed by atoms with Gasteiger partial charge in [-0.3, -0.25) is 0 Å². The van der Waals surface area contributed by atoms with Gasteiger partial charge in [0.1, 0.15) is 23.3 Å². The molecule has 0 bridgehead atoms. The first-order valence-corrected chi connectivity index (χ1v) is 14.5. The number of hydrogen-bond donors (Lipinski definition) is 8. The standard InChI is InChI=1S/C8H15N3.C8H13N3.C7H13N3.C7H11N3/c2*9-4-2-1-3-7-5-8(10)11-6-7;2*8-3-1-2-6-4-7(9)10-5-6/h6H,1-5,9H2,(H2,10,11);1,3,6H,2,4-5,9H2,(H2,10,11);5H,1-4,8H2,(H2,9,10);1-2,5H,3-4,8H2,(H2,9,10)/b;3-1+;;2-1+. The van der Waals surface area contributed by atoms with Crippen LogP contribution >= 0.6 is 0 Å². The van der Waals surface area contributed by atoms with Crippen molar-refractivity contribution in [1.82, 2.24) is 0 Å². The second-order valence-corrected chi connectivity index (χ2v) is 9.93. The third-order valence-corrected chi connectivity index (χ3v) is 5.99. The van der Waals surface area contributed by atoms with Crippen molar-refractivity contribution in [2.24, 2.45) is 65.8 Å². The molecule has 4 heterocycles. The van der Waals surface area contributed by atoms with Gasteiger partial charge in [0.25, 0.3) is 0 Å². The van der Waals surface area contributed by atoms with Gasteiger partial charge in [0, 0.05) is 57.0 Å². The zero-order chi connectivity index (χ0) is 31.0. The van der Waals surface area contributed by atoms with Crippen molar-refractivity contribution >= 4 is 23.3 Å². The average Bonchev–Trinajstić information content (AvgIpc) is 3.78. The Morgan fingerprint density at radius 3 is 1.36 bits per heavy atom. The van der Waals surface area contributed by atoms with Crippen molar-refractivity contribution in [2.45, 2.75) is 64.2 Å². The van der Waals surface area contributed by atoms with Crippen molar-refractivity contribution in [2.75, 3.05) is 26.2 Å². The largest absolute Gasteiger partial charge is 0.387 e. The molecule has 0 aromatic rings. The Morgan fingerprint density at radius 1 is 0.524 bits per heavy atom. The zero-order valence-corrected chi connectivity index (χ0v) is 24.9. The van der Waals surface area contributed by atoms with Crippen LogP contribution in [0.3, 0.4) is 0 Å². The molecule has 0 saturated carbocycles. The maximum Gasteiger partial charge on any atom is 0.103 e. The van der Waals surface area contributed by atoms with Crippen LogP contribution in [0, 0.1) is 0 Å². The quantitative estimate of drug-likeness (QED) is 0.157. The lowest BCUT2D eigenvalue weighted by atomic mass is 10.1. The van der Waals surface area contributed by atoms with Crippen molar-refractivity contribution in [1.29, 1.82) is 0 Å². The highest BCUT2D eigenvalue weighted by atomic mass is 14.9. The van der Waals surface area contributed by atoms with E-state index in [1.165, 1.54) is 11.1 Å². The van der Waals surface area contributed by atoms with Crippen molar-refractivity contribution in [3.63, 3.8) is 0 Å². The lowest BCUT2D eigenvalue weighted by molar-refractivity contribution is 0.735. The fourth-order valence-electron chi connectivity index (χ4n) is 3.81. The first kappa shape index (κ1) is 36.2. The van der Waals surface area contributed by atoms with Gasteiger partial charge in [-0.1, -0.05) is 24.3 Å². The van der Waals surface area contributed by atoms with E-state index >= 15 is 0 Å². The molecule has 12 heteroatoms. The van der Waals surface area contributed by atoms with Crippen LogP contribution in [0.1, 0.15) is 64.2 Å². The summed E-state index contributed by atoms with van der Waals surface area (Å²) in [6.45, 7) is 2.79. The summed E-state index contributed by atoms with van der Waals surface area (Å²) in [5, 5.41) is 0.